The first-order valence-electron chi connectivity index (χ1n) is 11.6. The van der Waals surface area contributed by atoms with Gasteiger partial charge in [0.2, 0.25) is 0 Å². The average molecular weight is 455 g/mol. The number of ketones is 1. The molecule has 0 unspecified atom stereocenters. The summed E-state index contributed by atoms with van der Waals surface area (Å²) in [5.41, 5.74) is 2.08. The third-order valence-corrected chi connectivity index (χ3v) is 6.18. The number of ether oxygens (including phenoxy) is 2. The molecule has 1 fully saturated rings. The maximum atomic E-state index is 13.4. The molecule has 4 rings (SSSR count). The van der Waals surface area contributed by atoms with Crippen LogP contribution >= 0.6 is 0 Å². The van der Waals surface area contributed by atoms with E-state index in [1.165, 1.54) is 12.1 Å². The third-order valence-electron chi connectivity index (χ3n) is 6.18. The van der Waals surface area contributed by atoms with Gasteiger partial charge in [0.15, 0.2) is 22.9 Å². The second kappa shape index (κ2) is 10.3. The summed E-state index contributed by atoms with van der Waals surface area (Å²) < 4.78 is 30.5. The molecule has 2 aromatic carbocycles. The molecule has 1 atom stereocenters. The largest absolute Gasteiger partial charge is 0.490 e. The van der Waals surface area contributed by atoms with Crippen molar-refractivity contribution < 1.29 is 23.2 Å². The molecular weight excluding hydrogens is 423 g/mol. The van der Waals surface area contributed by atoms with Gasteiger partial charge < -0.3 is 18.9 Å². The Labute approximate surface area is 193 Å². The van der Waals surface area contributed by atoms with Gasteiger partial charge in [-0.05, 0) is 70.1 Å². The number of rotatable bonds is 9. The molecule has 0 spiro atoms. The van der Waals surface area contributed by atoms with E-state index >= 15 is 0 Å². The molecule has 0 radical (unpaired) electrons. The van der Waals surface area contributed by atoms with Crippen LogP contribution in [0.2, 0.25) is 0 Å². The Morgan fingerprint density at radius 2 is 1.97 bits per heavy atom. The second-order valence-corrected chi connectivity index (χ2v) is 8.85. The van der Waals surface area contributed by atoms with Crippen LogP contribution in [0.15, 0.2) is 40.9 Å². The van der Waals surface area contributed by atoms with Crippen LogP contribution in [0.4, 0.5) is 4.39 Å². The number of carbonyl (C=O) groups excluding carboxylic acids is 1. The van der Waals surface area contributed by atoms with E-state index in [0.717, 1.165) is 43.6 Å². The molecular formula is C26H31FN2O4. The van der Waals surface area contributed by atoms with E-state index in [0.29, 0.717) is 47.7 Å². The molecule has 0 saturated carbocycles. The van der Waals surface area contributed by atoms with Crippen LogP contribution in [0.1, 0.15) is 55.6 Å². The number of carbonyl (C=O) groups is 1. The van der Waals surface area contributed by atoms with Gasteiger partial charge >= 0.3 is 0 Å². The summed E-state index contributed by atoms with van der Waals surface area (Å²) in [6.45, 7) is 9.60. The Morgan fingerprint density at radius 1 is 1.18 bits per heavy atom. The van der Waals surface area contributed by atoms with E-state index < -0.39 is 0 Å². The molecule has 0 N–H and O–H groups in total. The van der Waals surface area contributed by atoms with Gasteiger partial charge in [0, 0.05) is 35.4 Å². The zero-order valence-corrected chi connectivity index (χ0v) is 19.5. The van der Waals surface area contributed by atoms with Crippen LogP contribution in [0, 0.1) is 11.7 Å². The van der Waals surface area contributed by atoms with Gasteiger partial charge in [0.25, 0.3) is 0 Å². The number of hydrogen-bond donors (Lipinski definition) is 0. The van der Waals surface area contributed by atoms with Gasteiger partial charge in [-0.2, -0.15) is 0 Å². The van der Waals surface area contributed by atoms with E-state index in [9.17, 15) is 9.18 Å². The normalized spacial score (nSPS) is 16.1. The smallest absolute Gasteiger partial charge is 0.170 e. The van der Waals surface area contributed by atoms with Crippen molar-refractivity contribution >= 4 is 16.8 Å². The molecule has 1 aliphatic heterocycles. The fourth-order valence-corrected chi connectivity index (χ4v) is 4.45. The number of Topliss-reactive ketones (excluding diaryl/α,β-unsaturated/α-hetero) is 1. The summed E-state index contributed by atoms with van der Waals surface area (Å²) in [4.78, 5) is 14.1. The van der Waals surface area contributed by atoms with Crippen molar-refractivity contribution in [3.63, 3.8) is 0 Å². The highest BCUT2D eigenvalue weighted by Gasteiger charge is 2.26. The summed E-state index contributed by atoms with van der Waals surface area (Å²) in [6, 6.07) is 9.96. The zero-order chi connectivity index (χ0) is 23.4. The van der Waals surface area contributed by atoms with Gasteiger partial charge in [0.1, 0.15) is 5.82 Å². The molecule has 33 heavy (non-hydrogen) atoms. The Bertz CT molecular complexity index is 1100. The van der Waals surface area contributed by atoms with Crippen LogP contribution in [0.3, 0.4) is 0 Å². The highest BCUT2D eigenvalue weighted by Crippen LogP contribution is 2.33. The molecule has 0 amide bonds. The van der Waals surface area contributed by atoms with Gasteiger partial charge in [-0.3, -0.25) is 4.79 Å². The number of hydrogen-bond acceptors (Lipinski definition) is 6. The van der Waals surface area contributed by atoms with Crippen LogP contribution in [-0.2, 0) is 0 Å². The topological polar surface area (TPSA) is 64.8 Å². The predicted octanol–water partition coefficient (Wildman–Crippen LogP) is 5.46. The maximum Gasteiger partial charge on any atom is 0.170 e. The second-order valence-electron chi connectivity index (χ2n) is 8.85. The minimum absolute atomic E-state index is 0.00468. The molecule has 1 aromatic heterocycles. The first-order valence-corrected chi connectivity index (χ1v) is 11.6. The van der Waals surface area contributed by atoms with E-state index in [1.54, 1.807) is 25.1 Å². The van der Waals surface area contributed by atoms with E-state index in [-0.39, 0.29) is 11.6 Å². The number of likely N-dealkylation sites (tertiary alicyclic amines) is 1. The summed E-state index contributed by atoms with van der Waals surface area (Å²) in [5, 5.41) is 5.15. The number of fused-ring (bicyclic) bond motifs is 1. The highest BCUT2D eigenvalue weighted by atomic mass is 19.1. The maximum absolute atomic E-state index is 13.4. The number of benzene rings is 2. The minimum Gasteiger partial charge on any atom is -0.490 e. The molecule has 1 saturated heterocycles. The lowest BCUT2D eigenvalue weighted by Crippen LogP contribution is -2.37. The van der Waals surface area contributed by atoms with Gasteiger partial charge in [0.05, 0.1) is 18.9 Å². The number of aromatic nitrogens is 1. The Kier molecular flexibility index (Phi) is 7.28. The van der Waals surface area contributed by atoms with Crippen LogP contribution in [0.25, 0.3) is 11.0 Å². The van der Waals surface area contributed by atoms with Gasteiger partial charge in [-0.15, -0.1) is 0 Å². The molecule has 176 valence electrons. The predicted molar refractivity (Wildman–Crippen MR) is 125 cm³/mol. The summed E-state index contributed by atoms with van der Waals surface area (Å²) in [7, 11) is 0. The summed E-state index contributed by atoms with van der Waals surface area (Å²) in [5.74, 6) is 1.64. The fourth-order valence-electron chi connectivity index (χ4n) is 4.45. The lowest BCUT2D eigenvalue weighted by Gasteiger charge is -2.32. The van der Waals surface area contributed by atoms with Crippen molar-refractivity contribution in [2.24, 2.45) is 5.92 Å². The summed E-state index contributed by atoms with van der Waals surface area (Å²) in [6.07, 6.45) is 1.99. The van der Waals surface area contributed by atoms with Crippen molar-refractivity contribution in [3.05, 3.63) is 53.5 Å². The molecule has 2 heterocycles. The van der Waals surface area contributed by atoms with E-state index in [2.05, 4.69) is 17.0 Å². The quantitative estimate of drug-likeness (QED) is 0.400. The van der Waals surface area contributed by atoms with Crippen molar-refractivity contribution in [3.8, 4) is 11.5 Å². The van der Waals surface area contributed by atoms with Crippen molar-refractivity contribution in [1.29, 1.82) is 0 Å². The average Bonchev–Trinajstić information content (AvgIpc) is 3.22. The highest BCUT2D eigenvalue weighted by molar-refractivity contribution is 5.94. The van der Waals surface area contributed by atoms with Crippen LogP contribution in [0.5, 0.6) is 11.5 Å². The molecule has 6 nitrogen and oxygen atoms in total. The fraction of sp³-hybridized carbons (Fsp3) is 0.462. The van der Waals surface area contributed by atoms with E-state index in [4.69, 9.17) is 14.0 Å². The zero-order valence-electron chi connectivity index (χ0n) is 19.5. The van der Waals surface area contributed by atoms with Crippen molar-refractivity contribution in [1.82, 2.24) is 10.1 Å². The summed E-state index contributed by atoms with van der Waals surface area (Å²) >= 11 is 0. The first-order chi connectivity index (χ1) is 15.9. The van der Waals surface area contributed by atoms with Gasteiger partial charge in [-0.1, -0.05) is 12.1 Å². The SMILES string of the molecule is CCOc1cc(C(C)=O)ccc1OC[C@H](C)CN1CCC(c2noc3cc(F)ccc23)CC1. The molecule has 0 bridgehead atoms. The lowest BCUT2D eigenvalue weighted by molar-refractivity contribution is 0.101. The molecule has 7 heteroatoms. The van der Waals surface area contributed by atoms with Gasteiger partial charge in [-0.25, -0.2) is 4.39 Å². The molecule has 3 aromatic rings. The minimum atomic E-state index is -0.306. The Morgan fingerprint density at radius 3 is 2.70 bits per heavy atom. The number of piperidine rings is 1. The van der Waals surface area contributed by atoms with Crippen molar-refractivity contribution in [2.75, 3.05) is 32.8 Å². The molecule has 0 aliphatic carbocycles. The first kappa shape index (κ1) is 23.2. The molecule has 1 aliphatic rings. The lowest BCUT2D eigenvalue weighted by atomic mass is 9.91. The monoisotopic (exact) mass is 454 g/mol. The van der Waals surface area contributed by atoms with Crippen LogP contribution < -0.4 is 9.47 Å². The standard InChI is InChI=1S/C26H31FN2O4/c1-4-31-25-13-20(18(3)30)5-8-23(25)32-16-17(2)15-29-11-9-19(10-12-29)26-22-7-6-21(27)14-24(22)33-28-26/h5-8,13-14,17,19H,4,9-12,15-16H2,1-3H3/t17-/m1/s1. The Hall–Kier alpha value is -2.93. The third kappa shape index (κ3) is 5.53. The Balaban J connectivity index is 1.29. The number of nitrogens with zero attached hydrogens (tertiary/aromatic N) is 2. The van der Waals surface area contributed by atoms with Crippen molar-refractivity contribution in [2.45, 2.75) is 39.5 Å². The number of halogens is 1. The van der Waals surface area contributed by atoms with Crippen LogP contribution in [-0.4, -0.2) is 48.7 Å². The van der Waals surface area contributed by atoms with E-state index in [1.807, 2.05) is 13.0 Å².